The van der Waals surface area contributed by atoms with E-state index in [-0.39, 0.29) is 5.91 Å². The first-order valence-corrected chi connectivity index (χ1v) is 7.74. The molecule has 0 saturated heterocycles. The highest BCUT2D eigenvalue weighted by Gasteiger charge is 2.15. The van der Waals surface area contributed by atoms with Gasteiger partial charge in [0.15, 0.2) is 11.5 Å². The van der Waals surface area contributed by atoms with Crippen molar-refractivity contribution in [2.75, 3.05) is 13.7 Å². The van der Waals surface area contributed by atoms with Gasteiger partial charge in [-0.15, -0.1) is 0 Å². The Labute approximate surface area is 145 Å². The number of nitriles is 1. The molecule has 0 saturated carbocycles. The van der Waals surface area contributed by atoms with Crippen molar-refractivity contribution in [1.29, 1.82) is 5.26 Å². The van der Waals surface area contributed by atoms with Gasteiger partial charge in [-0.1, -0.05) is 23.7 Å². The Morgan fingerprint density at radius 1 is 1.29 bits per heavy atom. The predicted octanol–water partition coefficient (Wildman–Crippen LogP) is 3.55. The van der Waals surface area contributed by atoms with Crippen LogP contribution in [0.1, 0.15) is 28.4 Å². The molecule has 0 aliphatic carbocycles. The van der Waals surface area contributed by atoms with Crippen molar-refractivity contribution >= 4 is 17.5 Å². The van der Waals surface area contributed by atoms with E-state index in [0.29, 0.717) is 40.8 Å². The van der Waals surface area contributed by atoms with Gasteiger partial charge in [0.1, 0.15) is 0 Å². The lowest BCUT2D eigenvalue weighted by Crippen LogP contribution is -2.22. The van der Waals surface area contributed by atoms with Gasteiger partial charge in [0.2, 0.25) is 0 Å². The number of amides is 1. The molecule has 0 atom stereocenters. The zero-order chi connectivity index (χ0) is 17.5. The molecule has 1 amide bonds. The van der Waals surface area contributed by atoms with Gasteiger partial charge in [-0.3, -0.25) is 4.79 Å². The van der Waals surface area contributed by atoms with Crippen molar-refractivity contribution in [2.45, 2.75) is 13.5 Å². The largest absolute Gasteiger partial charge is 0.493 e. The van der Waals surface area contributed by atoms with Gasteiger partial charge in [0.25, 0.3) is 5.91 Å². The molecule has 0 radical (unpaired) electrons. The van der Waals surface area contributed by atoms with Crippen LogP contribution in [0.15, 0.2) is 36.4 Å². The second-order valence-corrected chi connectivity index (χ2v) is 5.32. The number of hydrogen-bond acceptors (Lipinski definition) is 4. The Bertz CT molecular complexity index is 767. The fraction of sp³-hybridized carbons (Fsp3) is 0.222. The molecule has 0 aromatic heterocycles. The zero-order valence-electron chi connectivity index (χ0n) is 13.4. The van der Waals surface area contributed by atoms with Crippen LogP contribution in [0.4, 0.5) is 0 Å². The molecule has 124 valence electrons. The lowest BCUT2D eigenvalue weighted by Gasteiger charge is -2.13. The highest BCUT2D eigenvalue weighted by molar-refractivity contribution is 6.32. The van der Waals surface area contributed by atoms with Gasteiger partial charge in [0, 0.05) is 12.1 Å². The number of hydrogen-bond donors (Lipinski definition) is 1. The Morgan fingerprint density at radius 3 is 2.58 bits per heavy atom. The van der Waals surface area contributed by atoms with Crippen molar-refractivity contribution in [3.05, 3.63) is 58.1 Å². The molecule has 0 spiro atoms. The monoisotopic (exact) mass is 344 g/mol. The first-order chi connectivity index (χ1) is 11.6. The molecule has 1 N–H and O–H groups in total. The number of rotatable bonds is 6. The van der Waals surface area contributed by atoms with E-state index in [1.165, 1.54) is 7.11 Å². The van der Waals surface area contributed by atoms with Gasteiger partial charge in [-0.25, -0.2) is 0 Å². The van der Waals surface area contributed by atoms with E-state index in [9.17, 15) is 4.79 Å². The van der Waals surface area contributed by atoms with E-state index in [1.807, 2.05) is 6.92 Å². The van der Waals surface area contributed by atoms with Crippen molar-refractivity contribution in [2.24, 2.45) is 0 Å². The fourth-order valence-corrected chi connectivity index (χ4v) is 2.38. The minimum Gasteiger partial charge on any atom is -0.493 e. The van der Waals surface area contributed by atoms with Crippen molar-refractivity contribution in [3.63, 3.8) is 0 Å². The Balaban J connectivity index is 2.11. The summed E-state index contributed by atoms with van der Waals surface area (Å²) in [6.07, 6.45) is 0. The fourth-order valence-electron chi connectivity index (χ4n) is 2.12. The lowest BCUT2D eigenvalue weighted by atomic mass is 10.1. The SMILES string of the molecule is CCOc1c(Cl)cc(C(=O)NCc2ccc(C#N)cc2)cc1OC. The summed E-state index contributed by atoms with van der Waals surface area (Å²) in [6.45, 7) is 2.63. The molecular weight excluding hydrogens is 328 g/mol. The molecule has 6 heteroatoms. The van der Waals surface area contributed by atoms with Crippen molar-refractivity contribution < 1.29 is 14.3 Å². The molecular formula is C18H17ClN2O3. The first-order valence-electron chi connectivity index (χ1n) is 7.36. The molecule has 0 heterocycles. The van der Waals surface area contributed by atoms with Crippen LogP contribution in [-0.2, 0) is 6.54 Å². The molecule has 5 nitrogen and oxygen atoms in total. The van der Waals surface area contributed by atoms with Crippen molar-refractivity contribution in [1.82, 2.24) is 5.32 Å². The smallest absolute Gasteiger partial charge is 0.251 e. The Hall–Kier alpha value is -2.71. The Morgan fingerprint density at radius 2 is 2.00 bits per heavy atom. The third kappa shape index (κ3) is 4.18. The highest BCUT2D eigenvalue weighted by Crippen LogP contribution is 2.36. The minimum absolute atomic E-state index is 0.275. The molecule has 2 aromatic rings. The summed E-state index contributed by atoms with van der Waals surface area (Å²) in [5.74, 6) is 0.556. The van der Waals surface area contributed by atoms with Crippen molar-refractivity contribution in [3.8, 4) is 17.6 Å². The number of carbonyl (C=O) groups is 1. The summed E-state index contributed by atoms with van der Waals surface area (Å²) in [5, 5.41) is 11.9. The third-order valence-corrected chi connectivity index (χ3v) is 3.60. The van der Waals surface area contributed by atoms with Gasteiger partial charge in [-0.05, 0) is 36.8 Å². The predicted molar refractivity (Wildman–Crippen MR) is 91.5 cm³/mol. The maximum Gasteiger partial charge on any atom is 0.251 e. The number of methoxy groups -OCH3 is 1. The normalized spacial score (nSPS) is 9.92. The quantitative estimate of drug-likeness (QED) is 0.869. The first kappa shape index (κ1) is 17.6. The molecule has 0 aliphatic rings. The molecule has 24 heavy (non-hydrogen) atoms. The van der Waals surface area contributed by atoms with E-state index in [2.05, 4.69) is 11.4 Å². The number of carbonyl (C=O) groups excluding carboxylic acids is 1. The summed E-state index contributed by atoms with van der Waals surface area (Å²) in [6, 6.07) is 12.2. The van der Waals surface area contributed by atoms with Crippen LogP contribution in [0.25, 0.3) is 0 Å². The average molecular weight is 345 g/mol. The average Bonchev–Trinajstić information content (AvgIpc) is 2.61. The number of nitrogens with zero attached hydrogens (tertiary/aromatic N) is 1. The van der Waals surface area contributed by atoms with Crippen LogP contribution in [-0.4, -0.2) is 19.6 Å². The van der Waals surface area contributed by atoms with Crippen LogP contribution in [0.5, 0.6) is 11.5 Å². The van der Waals surface area contributed by atoms with Gasteiger partial charge in [0.05, 0.1) is 30.4 Å². The lowest BCUT2D eigenvalue weighted by molar-refractivity contribution is 0.0950. The van der Waals surface area contributed by atoms with Crippen LogP contribution < -0.4 is 14.8 Å². The zero-order valence-corrected chi connectivity index (χ0v) is 14.2. The number of halogens is 1. The second-order valence-electron chi connectivity index (χ2n) is 4.91. The summed E-state index contributed by atoms with van der Waals surface area (Å²) in [4.78, 5) is 12.3. The standard InChI is InChI=1S/C18H17ClN2O3/c1-3-24-17-15(19)8-14(9-16(17)23-2)18(22)21-11-13-6-4-12(10-20)5-7-13/h4-9H,3,11H2,1-2H3,(H,21,22). The molecule has 0 fully saturated rings. The van der Waals surface area contributed by atoms with Crippen LogP contribution in [0.3, 0.4) is 0 Å². The van der Waals surface area contributed by atoms with Gasteiger partial charge >= 0.3 is 0 Å². The highest BCUT2D eigenvalue weighted by atomic mass is 35.5. The summed E-state index contributed by atoms with van der Waals surface area (Å²) < 4.78 is 10.7. The molecule has 0 unspecified atom stereocenters. The molecule has 0 bridgehead atoms. The maximum atomic E-state index is 12.3. The summed E-state index contributed by atoms with van der Waals surface area (Å²) in [7, 11) is 1.49. The second kappa shape index (κ2) is 8.23. The van der Waals surface area contributed by atoms with E-state index in [1.54, 1.807) is 36.4 Å². The maximum absolute atomic E-state index is 12.3. The van der Waals surface area contributed by atoms with Crippen LogP contribution >= 0.6 is 11.6 Å². The number of ether oxygens (including phenoxy) is 2. The molecule has 0 aliphatic heterocycles. The summed E-state index contributed by atoms with van der Waals surface area (Å²) >= 11 is 6.17. The number of benzene rings is 2. The topological polar surface area (TPSA) is 71.3 Å². The van der Waals surface area contributed by atoms with E-state index >= 15 is 0 Å². The molecule has 2 rings (SSSR count). The minimum atomic E-state index is -0.275. The van der Waals surface area contributed by atoms with Gasteiger partial charge in [-0.2, -0.15) is 5.26 Å². The van der Waals surface area contributed by atoms with E-state index in [4.69, 9.17) is 26.3 Å². The summed E-state index contributed by atoms with van der Waals surface area (Å²) in [5.41, 5.74) is 1.86. The number of nitrogens with one attached hydrogen (secondary N) is 1. The molecule has 2 aromatic carbocycles. The third-order valence-electron chi connectivity index (χ3n) is 3.32. The van der Waals surface area contributed by atoms with Crippen LogP contribution in [0, 0.1) is 11.3 Å². The van der Waals surface area contributed by atoms with Crippen LogP contribution in [0.2, 0.25) is 5.02 Å². The Kier molecular flexibility index (Phi) is 6.05. The van der Waals surface area contributed by atoms with E-state index < -0.39 is 0 Å². The van der Waals surface area contributed by atoms with Gasteiger partial charge < -0.3 is 14.8 Å². The van der Waals surface area contributed by atoms with E-state index in [0.717, 1.165) is 5.56 Å².